The van der Waals surface area contributed by atoms with Crippen LogP contribution in [-0.4, -0.2) is 29.6 Å². The van der Waals surface area contributed by atoms with Gasteiger partial charge in [-0.1, -0.05) is 41.4 Å². The first kappa shape index (κ1) is 18.5. The Labute approximate surface area is 163 Å². The van der Waals surface area contributed by atoms with E-state index in [4.69, 9.17) is 23.2 Å². The molecule has 2 aromatic rings. The Morgan fingerprint density at radius 2 is 1.81 bits per heavy atom. The Kier molecular flexibility index (Phi) is 5.64. The van der Waals surface area contributed by atoms with Crippen LogP contribution in [0.3, 0.4) is 0 Å². The zero-order valence-electron chi connectivity index (χ0n) is 14.6. The van der Waals surface area contributed by atoms with Crippen LogP contribution < -0.4 is 5.32 Å². The molecule has 1 heterocycles. The molecule has 2 aromatic carbocycles. The van der Waals surface area contributed by atoms with E-state index in [1.54, 1.807) is 30.5 Å². The van der Waals surface area contributed by atoms with Crippen molar-refractivity contribution in [1.82, 2.24) is 4.90 Å². The first-order valence-electron chi connectivity index (χ1n) is 8.44. The summed E-state index contributed by atoms with van der Waals surface area (Å²) in [7, 11) is 0. The van der Waals surface area contributed by atoms with Crippen molar-refractivity contribution in [3.63, 3.8) is 0 Å². The number of hydrogen-bond acceptors (Lipinski definition) is 3. The smallest absolute Gasteiger partial charge is 0.275 e. The van der Waals surface area contributed by atoms with Crippen LogP contribution in [0, 0.1) is 0 Å². The van der Waals surface area contributed by atoms with Crippen LogP contribution in [0.4, 0.5) is 5.69 Å². The summed E-state index contributed by atoms with van der Waals surface area (Å²) >= 11 is 12.6. The number of nitrogens with one attached hydrogen (secondary N) is 1. The molecule has 0 saturated carbocycles. The van der Waals surface area contributed by atoms with Crippen molar-refractivity contribution in [2.45, 2.75) is 13.8 Å². The highest BCUT2D eigenvalue weighted by Crippen LogP contribution is 2.30. The monoisotopic (exact) mass is 387 g/mol. The summed E-state index contributed by atoms with van der Waals surface area (Å²) in [5.74, 6) is -0.262. The van der Waals surface area contributed by atoms with Crippen LogP contribution in [0.5, 0.6) is 0 Å². The maximum atomic E-state index is 12.7. The maximum Gasteiger partial charge on any atom is 0.275 e. The summed E-state index contributed by atoms with van der Waals surface area (Å²) in [5.41, 5.74) is 3.09. The molecule has 0 fully saturated rings. The lowest BCUT2D eigenvalue weighted by molar-refractivity contribution is -0.112. The molecule has 0 unspecified atom stereocenters. The van der Waals surface area contributed by atoms with Crippen LogP contribution in [0.1, 0.15) is 25.0 Å². The molecule has 0 radical (unpaired) electrons. The van der Waals surface area contributed by atoms with Gasteiger partial charge in [0.15, 0.2) is 0 Å². The molecular weight excluding hydrogens is 369 g/mol. The van der Waals surface area contributed by atoms with Crippen molar-refractivity contribution < 1.29 is 4.79 Å². The van der Waals surface area contributed by atoms with E-state index in [0.29, 0.717) is 27.1 Å². The van der Waals surface area contributed by atoms with E-state index in [9.17, 15) is 4.79 Å². The molecular formula is C20H19Cl2N3O. The van der Waals surface area contributed by atoms with E-state index >= 15 is 0 Å². The van der Waals surface area contributed by atoms with E-state index < -0.39 is 0 Å². The van der Waals surface area contributed by atoms with E-state index in [-0.39, 0.29) is 5.91 Å². The van der Waals surface area contributed by atoms with Gasteiger partial charge < -0.3 is 10.2 Å². The third-order valence-corrected chi connectivity index (χ3v) is 4.76. The van der Waals surface area contributed by atoms with Gasteiger partial charge in [-0.05, 0) is 38.1 Å². The molecule has 0 aromatic heterocycles. The van der Waals surface area contributed by atoms with Gasteiger partial charge in [0.05, 0.1) is 11.4 Å². The van der Waals surface area contributed by atoms with Crippen molar-refractivity contribution in [2.75, 3.05) is 18.4 Å². The predicted molar refractivity (Wildman–Crippen MR) is 108 cm³/mol. The highest BCUT2D eigenvalue weighted by atomic mass is 35.5. The standard InChI is InChI=1S/C20H19Cl2N3O/c1-3-25(4-2)12-18-20(26)24-17-10-9-13(21)11-15(17)19(23-18)14-7-5-6-8-16(14)22/h5-12H,3-4H2,1-2H3,(H,24,26). The Morgan fingerprint density at radius 1 is 1.08 bits per heavy atom. The van der Waals surface area contributed by atoms with Crippen LogP contribution in [0.15, 0.2) is 59.4 Å². The van der Waals surface area contributed by atoms with Crippen molar-refractivity contribution in [3.05, 3.63) is 75.5 Å². The van der Waals surface area contributed by atoms with Gasteiger partial charge in [0, 0.05) is 40.5 Å². The Balaban J connectivity index is 2.25. The average molecular weight is 388 g/mol. The highest BCUT2D eigenvalue weighted by molar-refractivity contribution is 6.37. The number of carbonyl (C=O) groups is 1. The second-order valence-corrected chi connectivity index (χ2v) is 6.66. The first-order valence-corrected chi connectivity index (χ1v) is 9.19. The largest absolute Gasteiger partial charge is 0.376 e. The molecule has 0 spiro atoms. The maximum absolute atomic E-state index is 12.7. The normalized spacial score (nSPS) is 15.2. The average Bonchev–Trinajstić information content (AvgIpc) is 2.77. The van der Waals surface area contributed by atoms with Gasteiger partial charge in [-0.15, -0.1) is 0 Å². The summed E-state index contributed by atoms with van der Waals surface area (Å²) in [6, 6.07) is 12.8. The van der Waals surface area contributed by atoms with Gasteiger partial charge in [0.2, 0.25) is 0 Å². The fourth-order valence-corrected chi connectivity index (χ4v) is 3.16. The van der Waals surface area contributed by atoms with E-state index in [1.807, 2.05) is 36.9 Å². The lowest BCUT2D eigenvalue weighted by Gasteiger charge is -2.16. The van der Waals surface area contributed by atoms with Gasteiger partial charge in [0.1, 0.15) is 5.70 Å². The van der Waals surface area contributed by atoms with Gasteiger partial charge in [-0.3, -0.25) is 4.79 Å². The molecule has 4 nitrogen and oxygen atoms in total. The lowest BCUT2D eigenvalue weighted by atomic mass is 10.0. The van der Waals surface area contributed by atoms with Gasteiger partial charge >= 0.3 is 0 Å². The molecule has 6 heteroatoms. The predicted octanol–water partition coefficient (Wildman–Crippen LogP) is 4.97. The Hall–Kier alpha value is -2.30. The quantitative estimate of drug-likeness (QED) is 0.752. The fraction of sp³-hybridized carbons (Fsp3) is 0.200. The number of benzene rings is 2. The number of hydrogen-bond donors (Lipinski definition) is 1. The van der Waals surface area contributed by atoms with Crippen molar-refractivity contribution in [3.8, 4) is 0 Å². The molecule has 1 aliphatic heterocycles. The minimum absolute atomic E-state index is 0.262. The van der Waals surface area contributed by atoms with Gasteiger partial charge in [0.25, 0.3) is 5.91 Å². The molecule has 0 aliphatic carbocycles. The summed E-state index contributed by atoms with van der Waals surface area (Å²) < 4.78 is 0. The number of amides is 1. The zero-order chi connectivity index (χ0) is 18.7. The van der Waals surface area contributed by atoms with Crippen molar-refractivity contribution >= 4 is 40.5 Å². The minimum Gasteiger partial charge on any atom is -0.376 e. The van der Waals surface area contributed by atoms with Crippen LogP contribution in [0.2, 0.25) is 10.0 Å². The third kappa shape index (κ3) is 3.76. The topological polar surface area (TPSA) is 44.7 Å². The van der Waals surface area contributed by atoms with Crippen LogP contribution in [-0.2, 0) is 4.79 Å². The molecule has 1 amide bonds. The third-order valence-electron chi connectivity index (χ3n) is 4.20. The number of aliphatic imine (C=N–C) groups is 1. The summed E-state index contributed by atoms with van der Waals surface area (Å²) in [4.78, 5) is 19.4. The van der Waals surface area contributed by atoms with Crippen LogP contribution in [0.25, 0.3) is 0 Å². The Morgan fingerprint density at radius 3 is 2.50 bits per heavy atom. The second-order valence-electron chi connectivity index (χ2n) is 5.82. The van der Waals surface area contributed by atoms with Crippen LogP contribution >= 0.6 is 23.2 Å². The molecule has 0 bridgehead atoms. The molecule has 0 saturated heterocycles. The van der Waals surface area contributed by atoms with Crippen molar-refractivity contribution in [1.29, 1.82) is 0 Å². The van der Waals surface area contributed by atoms with Gasteiger partial charge in [-0.2, -0.15) is 0 Å². The SMILES string of the molecule is CCN(C=C1N=C(c2ccccc2Cl)c2cc(Cl)ccc2NC1=O)CC. The van der Waals surface area contributed by atoms with Crippen molar-refractivity contribution in [2.24, 2.45) is 4.99 Å². The number of anilines is 1. The van der Waals surface area contributed by atoms with E-state index in [0.717, 1.165) is 24.2 Å². The molecule has 3 rings (SSSR count). The summed E-state index contributed by atoms with van der Waals surface area (Å²) in [6.45, 7) is 5.62. The van der Waals surface area contributed by atoms with E-state index in [2.05, 4.69) is 10.3 Å². The number of benzodiazepines with no additional fused rings is 1. The first-order chi connectivity index (χ1) is 12.5. The second kappa shape index (κ2) is 7.94. The summed E-state index contributed by atoms with van der Waals surface area (Å²) in [6.07, 6.45) is 1.78. The van der Waals surface area contributed by atoms with E-state index in [1.165, 1.54) is 0 Å². The number of rotatable bonds is 4. The highest BCUT2D eigenvalue weighted by Gasteiger charge is 2.23. The molecule has 1 aliphatic rings. The number of fused-ring (bicyclic) bond motifs is 1. The summed E-state index contributed by atoms with van der Waals surface area (Å²) in [5, 5.41) is 4.05. The molecule has 26 heavy (non-hydrogen) atoms. The molecule has 134 valence electrons. The fourth-order valence-electron chi connectivity index (χ4n) is 2.76. The molecule has 1 N–H and O–H groups in total. The Bertz CT molecular complexity index is 902. The number of carbonyl (C=O) groups excluding carboxylic acids is 1. The number of halogens is 2. The minimum atomic E-state index is -0.262. The molecule has 0 atom stereocenters. The van der Waals surface area contributed by atoms with Gasteiger partial charge in [-0.25, -0.2) is 4.99 Å². The number of nitrogens with zero attached hydrogens (tertiary/aromatic N) is 2. The lowest BCUT2D eigenvalue weighted by Crippen LogP contribution is -2.20. The zero-order valence-corrected chi connectivity index (χ0v) is 16.1.